The average molecular weight is 375 g/mol. The number of benzene rings is 1. The molecule has 1 atom stereocenters. The van der Waals surface area contributed by atoms with Gasteiger partial charge in [-0.05, 0) is 49.9 Å². The molecule has 2 aliphatic heterocycles. The number of aromatic nitrogens is 2. The van der Waals surface area contributed by atoms with E-state index in [1.807, 2.05) is 25.1 Å². The molecule has 0 spiro atoms. The Balaban J connectivity index is 1.62. The topological polar surface area (TPSA) is 58.2 Å². The molecule has 2 aliphatic rings. The number of fused-ring (bicyclic) bond motifs is 3. The fraction of sp³-hybridized carbons (Fsp3) is 0.391. The van der Waals surface area contributed by atoms with E-state index in [1.165, 1.54) is 10.9 Å². The second-order valence-electron chi connectivity index (χ2n) is 7.84. The van der Waals surface area contributed by atoms with Crippen molar-refractivity contribution < 1.29 is 9.53 Å². The Morgan fingerprint density at radius 1 is 1.14 bits per heavy atom. The fourth-order valence-electron chi connectivity index (χ4n) is 4.68. The van der Waals surface area contributed by atoms with Crippen molar-refractivity contribution in [1.82, 2.24) is 14.9 Å². The van der Waals surface area contributed by atoms with E-state index in [1.54, 1.807) is 0 Å². The van der Waals surface area contributed by atoms with Crippen molar-refractivity contribution >= 4 is 16.8 Å². The van der Waals surface area contributed by atoms with Crippen molar-refractivity contribution in [1.29, 1.82) is 0 Å². The summed E-state index contributed by atoms with van der Waals surface area (Å²) in [5.41, 5.74) is 5.48. The number of amides is 1. The quantitative estimate of drug-likeness (QED) is 0.742. The van der Waals surface area contributed by atoms with Gasteiger partial charge in [-0.3, -0.25) is 9.78 Å². The highest BCUT2D eigenvalue weighted by atomic mass is 16.5. The smallest absolute Gasteiger partial charge is 0.226 e. The third-order valence-electron chi connectivity index (χ3n) is 6.08. The van der Waals surface area contributed by atoms with Crippen LogP contribution in [0.4, 0.5) is 0 Å². The molecular formula is C23H25N3O2. The van der Waals surface area contributed by atoms with Gasteiger partial charge >= 0.3 is 0 Å². The molecule has 5 heteroatoms. The summed E-state index contributed by atoms with van der Waals surface area (Å²) in [6, 6.07) is 14.3. The van der Waals surface area contributed by atoms with Gasteiger partial charge in [0.05, 0.1) is 5.69 Å². The monoisotopic (exact) mass is 375 g/mol. The molecule has 0 bridgehead atoms. The number of rotatable bonds is 2. The molecule has 0 aliphatic carbocycles. The maximum atomic E-state index is 13.5. The average Bonchev–Trinajstić information content (AvgIpc) is 3.12. The summed E-state index contributed by atoms with van der Waals surface area (Å²) in [5, 5.41) is 1.26. The minimum atomic E-state index is -0.161. The zero-order valence-corrected chi connectivity index (χ0v) is 16.1. The zero-order valence-electron chi connectivity index (χ0n) is 16.1. The van der Waals surface area contributed by atoms with Gasteiger partial charge in [-0.1, -0.05) is 24.3 Å². The SMILES string of the molecule is Cc1cccc(C2c3[nH]c4ccccc4c3CCN2C(=O)C2CCOCC2)n1. The van der Waals surface area contributed by atoms with Crippen LogP contribution in [0.15, 0.2) is 42.5 Å². The Hall–Kier alpha value is -2.66. The maximum absolute atomic E-state index is 13.5. The third kappa shape index (κ3) is 2.90. The van der Waals surface area contributed by atoms with E-state index in [2.05, 4.69) is 34.1 Å². The number of nitrogens with zero attached hydrogens (tertiary/aromatic N) is 2. The summed E-state index contributed by atoms with van der Waals surface area (Å²) >= 11 is 0. The van der Waals surface area contributed by atoms with E-state index in [4.69, 9.17) is 9.72 Å². The van der Waals surface area contributed by atoms with E-state index in [-0.39, 0.29) is 17.9 Å². The van der Waals surface area contributed by atoms with Crippen molar-refractivity contribution in [2.24, 2.45) is 5.92 Å². The Kier molecular flexibility index (Phi) is 4.40. The molecule has 3 aromatic rings. The van der Waals surface area contributed by atoms with Gasteiger partial charge in [0.1, 0.15) is 6.04 Å². The number of aryl methyl sites for hydroxylation is 1. The second kappa shape index (κ2) is 7.06. The van der Waals surface area contributed by atoms with Crippen LogP contribution >= 0.6 is 0 Å². The number of H-pyrrole nitrogens is 1. The number of nitrogens with one attached hydrogen (secondary N) is 1. The summed E-state index contributed by atoms with van der Waals surface area (Å²) in [6.45, 7) is 4.08. The molecule has 28 heavy (non-hydrogen) atoms. The lowest BCUT2D eigenvalue weighted by molar-refractivity contribution is -0.140. The van der Waals surface area contributed by atoms with E-state index in [9.17, 15) is 4.79 Å². The van der Waals surface area contributed by atoms with Crippen LogP contribution in [0.3, 0.4) is 0 Å². The molecule has 1 aromatic carbocycles. The van der Waals surface area contributed by atoms with Crippen molar-refractivity contribution in [3.8, 4) is 0 Å². The van der Waals surface area contributed by atoms with Crippen LogP contribution in [0.2, 0.25) is 0 Å². The predicted molar refractivity (Wildman–Crippen MR) is 108 cm³/mol. The summed E-state index contributed by atoms with van der Waals surface area (Å²) in [7, 11) is 0. The molecule has 1 N–H and O–H groups in total. The van der Waals surface area contributed by atoms with Gasteiger partial charge in [-0.15, -0.1) is 0 Å². The lowest BCUT2D eigenvalue weighted by Gasteiger charge is -2.38. The number of hydrogen-bond donors (Lipinski definition) is 1. The summed E-state index contributed by atoms with van der Waals surface area (Å²) in [4.78, 5) is 23.9. The van der Waals surface area contributed by atoms with E-state index in [0.29, 0.717) is 13.2 Å². The largest absolute Gasteiger partial charge is 0.381 e. The predicted octanol–water partition coefficient (Wildman–Crippen LogP) is 3.77. The van der Waals surface area contributed by atoms with Crippen molar-refractivity contribution in [3.05, 3.63) is 65.1 Å². The van der Waals surface area contributed by atoms with Gasteiger partial charge in [0.15, 0.2) is 0 Å². The number of para-hydroxylation sites is 1. The van der Waals surface area contributed by atoms with Crippen LogP contribution < -0.4 is 0 Å². The first-order valence-corrected chi connectivity index (χ1v) is 10.1. The molecular weight excluding hydrogens is 350 g/mol. The first-order valence-electron chi connectivity index (χ1n) is 10.1. The highest BCUT2D eigenvalue weighted by Gasteiger charge is 2.38. The van der Waals surface area contributed by atoms with Crippen LogP contribution in [0.25, 0.3) is 10.9 Å². The first kappa shape index (κ1) is 17.4. The van der Waals surface area contributed by atoms with E-state index in [0.717, 1.165) is 48.4 Å². The number of ether oxygens (including phenoxy) is 1. The molecule has 1 amide bonds. The molecule has 0 saturated carbocycles. The molecule has 2 aromatic heterocycles. The van der Waals surface area contributed by atoms with Gasteiger partial charge in [-0.2, -0.15) is 0 Å². The van der Waals surface area contributed by atoms with E-state index < -0.39 is 0 Å². The molecule has 5 rings (SSSR count). The second-order valence-corrected chi connectivity index (χ2v) is 7.84. The van der Waals surface area contributed by atoms with Crippen LogP contribution in [0, 0.1) is 12.8 Å². The number of carbonyl (C=O) groups is 1. The molecule has 144 valence electrons. The number of pyridine rings is 1. The lowest BCUT2D eigenvalue weighted by atomic mass is 9.91. The standard InChI is InChI=1S/C23H25N3O2/c1-15-5-4-8-20(24-15)22-21-18(17-6-2-3-7-19(17)25-21)9-12-26(22)23(27)16-10-13-28-14-11-16/h2-8,16,22,25H,9-14H2,1H3. The highest BCUT2D eigenvalue weighted by molar-refractivity contribution is 5.87. The Labute approximate surface area is 164 Å². The molecule has 5 nitrogen and oxygen atoms in total. The summed E-state index contributed by atoms with van der Waals surface area (Å²) in [6.07, 6.45) is 2.49. The van der Waals surface area contributed by atoms with Crippen LogP contribution in [-0.4, -0.2) is 40.5 Å². The maximum Gasteiger partial charge on any atom is 0.226 e. The minimum Gasteiger partial charge on any atom is -0.381 e. The lowest BCUT2D eigenvalue weighted by Crippen LogP contribution is -2.45. The molecule has 4 heterocycles. The Morgan fingerprint density at radius 3 is 2.79 bits per heavy atom. The first-order chi connectivity index (χ1) is 13.7. The normalized spacial score (nSPS) is 20.3. The number of carbonyl (C=O) groups excluding carboxylic acids is 1. The van der Waals surface area contributed by atoms with Gasteiger partial charge in [0, 0.05) is 48.0 Å². The summed E-state index contributed by atoms with van der Waals surface area (Å²) < 4.78 is 5.47. The van der Waals surface area contributed by atoms with Crippen molar-refractivity contribution in [2.45, 2.75) is 32.2 Å². The Morgan fingerprint density at radius 2 is 1.96 bits per heavy atom. The summed E-state index contributed by atoms with van der Waals surface area (Å²) in [5.74, 6) is 0.285. The molecule has 0 radical (unpaired) electrons. The third-order valence-corrected chi connectivity index (χ3v) is 6.08. The zero-order chi connectivity index (χ0) is 19.1. The van der Waals surface area contributed by atoms with E-state index >= 15 is 0 Å². The Bertz CT molecular complexity index is 1020. The number of hydrogen-bond acceptors (Lipinski definition) is 3. The van der Waals surface area contributed by atoms with Crippen LogP contribution in [0.1, 0.15) is 41.5 Å². The van der Waals surface area contributed by atoms with Gasteiger partial charge in [0.2, 0.25) is 5.91 Å². The fourth-order valence-corrected chi connectivity index (χ4v) is 4.68. The van der Waals surface area contributed by atoms with Gasteiger partial charge < -0.3 is 14.6 Å². The van der Waals surface area contributed by atoms with Crippen LogP contribution in [-0.2, 0) is 16.0 Å². The van der Waals surface area contributed by atoms with Crippen LogP contribution in [0.5, 0.6) is 0 Å². The van der Waals surface area contributed by atoms with Crippen molar-refractivity contribution in [2.75, 3.05) is 19.8 Å². The van der Waals surface area contributed by atoms with Gasteiger partial charge in [-0.25, -0.2) is 0 Å². The minimum absolute atomic E-state index is 0.0481. The van der Waals surface area contributed by atoms with Gasteiger partial charge in [0.25, 0.3) is 0 Å². The molecule has 1 unspecified atom stereocenters. The van der Waals surface area contributed by atoms with Crippen molar-refractivity contribution in [3.63, 3.8) is 0 Å². The number of aromatic amines is 1. The highest BCUT2D eigenvalue weighted by Crippen LogP contribution is 2.39. The molecule has 1 fully saturated rings. The molecule has 1 saturated heterocycles.